The summed E-state index contributed by atoms with van der Waals surface area (Å²) in [6.45, 7) is 9.32. The van der Waals surface area contributed by atoms with Gasteiger partial charge in [-0.2, -0.15) is 0 Å². The maximum atomic E-state index is 12.4. The molecule has 0 spiro atoms. The first-order valence-electron chi connectivity index (χ1n) is 6.92. The van der Waals surface area contributed by atoms with Crippen molar-refractivity contribution in [1.82, 2.24) is 4.90 Å². The molecule has 1 heterocycles. The lowest BCUT2D eigenvalue weighted by Gasteiger charge is -2.27. The fraction of sp³-hybridized carbons (Fsp3) is 0.562. The molecule has 0 saturated carbocycles. The van der Waals surface area contributed by atoms with Gasteiger partial charge in [0.15, 0.2) is 0 Å². The molecule has 19 heavy (non-hydrogen) atoms. The van der Waals surface area contributed by atoms with E-state index in [-0.39, 0.29) is 11.3 Å². The van der Waals surface area contributed by atoms with Crippen LogP contribution in [0.1, 0.15) is 36.7 Å². The Kier molecular flexibility index (Phi) is 4.25. The summed E-state index contributed by atoms with van der Waals surface area (Å²) in [7, 11) is 0. The maximum Gasteiger partial charge on any atom is 0.254 e. The molecular formula is C16H23NO2. The highest BCUT2D eigenvalue weighted by atomic mass is 16.5. The van der Waals surface area contributed by atoms with Crippen LogP contribution in [0.4, 0.5) is 0 Å². The summed E-state index contributed by atoms with van der Waals surface area (Å²) in [5.74, 6) is 0.124. The molecule has 0 radical (unpaired) electrons. The van der Waals surface area contributed by atoms with Crippen LogP contribution in [0.15, 0.2) is 24.3 Å². The van der Waals surface area contributed by atoms with E-state index in [1.54, 1.807) is 0 Å². The molecule has 0 bridgehead atoms. The maximum absolute atomic E-state index is 12.4. The van der Waals surface area contributed by atoms with Crippen molar-refractivity contribution in [2.75, 3.05) is 26.3 Å². The van der Waals surface area contributed by atoms with Crippen molar-refractivity contribution in [2.24, 2.45) is 5.41 Å². The molecule has 3 heteroatoms. The first-order chi connectivity index (χ1) is 8.96. The Bertz CT molecular complexity index is 442. The number of benzene rings is 1. The Balaban J connectivity index is 2.11. The summed E-state index contributed by atoms with van der Waals surface area (Å²) in [6.07, 6.45) is 0.983. The number of morpholine rings is 1. The lowest BCUT2D eigenvalue weighted by atomic mass is 9.87. The molecule has 104 valence electrons. The molecule has 0 N–H and O–H groups in total. The molecule has 0 unspecified atom stereocenters. The van der Waals surface area contributed by atoms with E-state index >= 15 is 0 Å². The van der Waals surface area contributed by atoms with Crippen molar-refractivity contribution >= 4 is 5.91 Å². The van der Waals surface area contributed by atoms with Crippen molar-refractivity contribution < 1.29 is 9.53 Å². The van der Waals surface area contributed by atoms with Gasteiger partial charge in [0.25, 0.3) is 5.91 Å². The standard InChI is InChI=1S/C16H23NO2/c1-16(2,3)12-13-5-4-6-14(11-13)15(18)17-7-9-19-10-8-17/h4-6,11H,7-10,12H2,1-3H3. The third kappa shape index (κ3) is 4.06. The van der Waals surface area contributed by atoms with Gasteiger partial charge in [0.05, 0.1) is 13.2 Å². The van der Waals surface area contributed by atoms with E-state index in [4.69, 9.17) is 4.74 Å². The Hall–Kier alpha value is -1.35. The molecule has 1 aromatic carbocycles. The second-order valence-electron chi connectivity index (χ2n) is 6.34. The van der Waals surface area contributed by atoms with Gasteiger partial charge in [0.1, 0.15) is 0 Å². The van der Waals surface area contributed by atoms with Crippen LogP contribution in [0, 0.1) is 5.41 Å². The van der Waals surface area contributed by atoms with E-state index in [9.17, 15) is 4.79 Å². The van der Waals surface area contributed by atoms with E-state index < -0.39 is 0 Å². The number of carbonyl (C=O) groups excluding carboxylic acids is 1. The van der Waals surface area contributed by atoms with Crippen LogP contribution in [0.5, 0.6) is 0 Å². The van der Waals surface area contributed by atoms with Crippen molar-refractivity contribution in [2.45, 2.75) is 27.2 Å². The average molecular weight is 261 g/mol. The monoisotopic (exact) mass is 261 g/mol. The van der Waals surface area contributed by atoms with Gasteiger partial charge < -0.3 is 9.64 Å². The number of hydrogen-bond acceptors (Lipinski definition) is 2. The predicted octanol–water partition coefficient (Wildman–Crippen LogP) is 2.75. The van der Waals surface area contributed by atoms with Crippen LogP contribution in [0.25, 0.3) is 0 Å². The fourth-order valence-corrected chi connectivity index (χ4v) is 2.38. The fourth-order valence-electron chi connectivity index (χ4n) is 2.38. The number of ether oxygens (including phenoxy) is 1. The molecule has 3 nitrogen and oxygen atoms in total. The van der Waals surface area contributed by atoms with Gasteiger partial charge in [-0.3, -0.25) is 4.79 Å². The van der Waals surface area contributed by atoms with Gasteiger partial charge in [-0.15, -0.1) is 0 Å². The zero-order valence-electron chi connectivity index (χ0n) is 12.1. The Labute approximate surface area is 115 Å². The summed E-state index contributed by atoms with van der Waals surface area (Å²) in [5, 5.41) is 0. The van der Waals surface area contributed by atoms with Crippen LogP contribution in [0.3, 0.4) is 0 Å². The second kappa shape index (κ2) is 5.74. The summed E-state index contributed by atoms with van der Waals surface area (Å²) in [4.78, 5) is 14.3. The highest BCUT2D eigenvalue weighted by molar-refractivity contribution is 5.94. The van der Waals surface area contributed by atoms with Gasteiger partial charge in [-0.25, -0.2) is 0 Å². The van der Waals surface area contributed by atoms with Crippen molar-refractivity contribution in [3.63, 3.8) is 0 Å². The number of rotatable bonds is 2. The zero-order chi connectivity index (χ0) is 13.9. The molecule has 2 rings (SSSR count). The van der Waals surface area contributed by atoms with E-state index in [1.807, 2.05) is 23.1 Å². The van der Waals surface area contributed by atoms with Gasteiger partial charge in [-0.05, 0) is 29.5 Å². The van der Waals surface area contributed by atoms with Crippen LogP contribution in [-0.2, 0) is 11.2 Å². The second-order valence-corrected chi connectivity index (χ2v) is 6.34. The molecule has 1 aromatic rings. The molecule has 0 atom stereocenters. The number of hydrogen-bond donors (Lipinski definition) is 0. The van der Waals surface area contributed by atoms with Crippen molar-refractivity contribution in [1.29, 1.82) is 0 Å². The minimum absolute atomic E-state index is 0.124. The van der Waals surface area contributed by atoms with Crippen LogP contribution < -0.4 is 0 Å². The largest absolute Gasteiger partial charge is 0.378 e. The molecule has 1 aliphatic heterocycles. The van der Waals surface area contributed by atoms with E-state index in [0.29, 0.717) is 26.3 Å². The average Bonchev–Trinajstić information content (AvgIpc) is 2.37. The highest BCUT2D eigenvalue weighted by Crippen LogP contribution is 2.21. The summed E-state index contributed by atoms with van der Waals surface area (Å²) < 4.78 is 5.28. The number of carbonyl (C=O) groups is 1. The van der Waals surface area contributed by atoms with Gasteiger partial charge in [-0.1, -0.05) is 32.9 Å². The lowest BCUT2D eigenvalue weighted by molar-refractivity contribution is 0.0303. The van der Waals surface area contributed by atoms with Gasteiger partial charge in [0, 0.05) is 18.7 Å². The molecule has 1 amide bonds. The van der Waals surface area contributed by atoms with Crippen LogP contribution >= 0.6 is 0 Å². The summed E-state index contributed by atoms with van der Waals surface area (Å²) in [6, 6.07) is 8.02. The minimum atomic E-state index is 0.124. The van der Waals surface area contributed by atoms with Crippen molar-refractivity contribution in [3.05, 3.63) is 35.4 Å². The normalized spacial score (nSPS) is 16.5. The SMILES string of the molecule is CC(C)(C)Cc1cccc(C(=O)N2CCOCC2)c1. The lowest BCUT2D eigenvalue weighted by Crippen LogP contribution is -2.40. The smallest absolute Gasteiger partial charge is 0.254 e. The molecule has 0 aromatic heterocycles. The first kappa shape index (κ1) is 14.1. The van der Waals surface area contributed by atoms with Crippen LogP contribution in [0.2, 0.25) is 0 Å². The molecule has 1 saturated heterocycles. The topological polar surface area (TPSA) is 29.5 Å². The van der Waals surface area contributed by atoms with E-state index in [2.05, 4.69) is 26.8 Å². The zero-order valence-corrected chi connectivity index (χ0v) is 12.1. The molecule has 1 fully saturated rings. The van der Waals surface area contributed by atoms with Gasteiger partial charge in [0.2, 0.25) is 0 Å². The Morgan fingerprint density at radius 3 is 2.58 bits per heavy atom. The quantitative estimate of drug-likeness (QED) is 0.819. The highest BCUT2D eigenvalue weighted by Gasteiger charge is 2.19. The number of nitrogens with zero attached hydrogens (tertiary/aromatic N) is 1. The van der Waals surface area contributed by atoms with Gasteiger partial charge >= 0.3 is 0 Å². The Morgan fingerprint density at radius 2 is 1.95 bits per heavy atom. The third-order valence-corrected chi connectivity index (χ3v) is 3.21. The molecule has 1 aliphatic rings. The van der Waals surface area contributed by atoms with E-state index in [0.717, 1.165) is 12.0 Å². The summed E-state index contributed by atoms with van der Waals surface area (Å²) >= 11 is 0. The molecule has 0 aliphatic carbocycles. The van der Waals surface area contributed by atoms with Crippen LogP contribution in [-0.4, -0.2) is 37.1 Å². The summed E-state index contributed by atoms with van der Waals surface area (Å²) in [5.41, 5.74) is 2.26. The predicted molar refractivity (Wildman–Crippen MR) is 76.3 cm³/mol. The third-order valence-electron chi connectivity index (χ3n) is 3.21. The Morgan fingerprint density at radius 1 is 1.26 bits per heavy atom. The first-order valence-corrected chi connectivity index (χ1v) is 6.92. The molecular weight excluding hydrogens is 238 g/mol. The minimum Gasteiger partial charge on any atom is -0.378 e. The number of amides is 1. The van der Waals surface area contributed by atoms with E-state index in [1.165, 1.54) is 5.56 Å². The van der Waals surface area contributed by atoms with Crippen molar-refractivity contribution in [3.8, 4) is 0 Å².